The predicted molar refractivity (Wildman–Crippen MR) is 83.1 cm³/mol. The Morgan fingerprint density at radius 1 is 1.32 bits per heavy atom. The lowest BCUT2D eigenvalue weighted by atomic mass is 9.82. The van der Waals surface area contributed by atoms with E-state index in [0.29, 0.717) is 25.9 Å². The molecule has 0 radical (unpaired) electrons. The Hall–Kier alpha value is -1.85. The van der Waals surface area contributed by atoms with Crippen LogP contribution in [0.2, 0.25) is 0 Å². The molecule has 1 N–H and O–H groups in total. The Morgan fingerprint density at radius 3 is 2.50 bits per heavy atom. The number of carbonyl (C=O) groups is 3. The zero-order chi connectivity index (χ0) is 16.3. The maximum absolute atomic E-state index is 12.6. The number of hydrogen-bond donors (Lipinski definition) is 1. The van der Waals surface area contributed by atoms with Crippen LogP contribution in [0.15, 0.2) is 12.2 Å². The number of rotatable bonds is 5. The summed E-state index contributed by atoms with van der Waals surface area (Å²) < 4.78 is 0. The SMILES string of the molecule is C=C(C)CN(CC)C(=O)CN1C(=O)NC2(CCCCC2)C1=O. The minimum Gasteiger partial charge on any atom is -0.337 e. The third kappa shape index (κ3) is 3.15. The molecule has 4 amide bonds. The zero-order valence-corrected chi connectivity index (χ0v) is 13.5. The monoisotopic (exact) mass is 307 g/mol. The highest BCUT2D eigenvalue weighted by Crippen LogP contribution is 2.33. The summed E-state index contributed by atoms with van der Waals surface area (Å²) in [4.78, 5) is 39.8. The first-order valence-electron chi connectivity index (χ1n) is 7.96. The van der Waals surface area contributed by atoms with Gasteiger partial charge in [-0.25, -0.2) is 4.79 Å². The molecule has 2 aliphatic rings. The van der Waals surface area contributed by atoms with E-state index >= 15 is 0 Å². The quantitative estimate of drug-likeness (QED) is 0.620. The summed E-state index contributed by atoms with van der Waals surface area (Å²) in [7, 11) is 0. The van der Waals surface area contributed by atoms with Gasteiger partial charge in [-0.15, -0.1) is 0 Å². The number of nitrogens with zero attached hydrogens (tertiary/aromatic N) is 2. The van der Waals surface area contributed by atoms with E-state index < -0.39 is 11.6 Å². The largest absolute Gasteiger partial charge is 0.337 e. The van der Waals surface area contributed by atoms with Crippen LogP contribution < -0.4 is 5.32 Å². The molecule has 1 aliphatic carbocycles. The van der Waals surface area contributed by atoms with Gasteiger partial charge in [0, 0.05) is 13.1 Å². The summed E-state index contributed by atoms with van der Waals surface area (Å²) in [5.74, 6) is -0.459. The highest BCUT2D eigenvalue weighted by atomic mass is 16.2. The smallest absolute Gasteiger partial charge is 0.325 e. The van der Waals surface area contributed by atoms with Crippen molar-refractivity contribution in [2.24, 2.45) is 0 Å². The first-order chi connectivity index (χ1) is 10.4. The topological polar surface area (TPSA) is 69.7 Å². The van der Waals surface area contributed by atoms with E-state index in [1.165, 1.54) is 0 Å². The Kier molecular flexibility index (Phi) is 4.88. The van der Waals surface area contributed by atoms with Crippen molar-refractivity contribution < 1.29 is 14.4 Å². The molecule has 2 fully saturated rings. The second-order valence-corrected chi connectivity index (χ2v) is 6.33. The van der Waals surface area contributed by atoms with Crippen molar-refractivity contribution in [3.63, 3.8) is 0 Å². The second-order valence-electron chi connectivity index (χ2n) is 6.33. The normalized spacial score (nSPS) is 20.2. The fourth-order valence-electron chi connectivity index (χ4n) is 3.25. The molecule has 0 aromatic carbocycles. The van der Waals surface area contributed by atoms with Gasteiger partial charge in [0.25, 0.3) is 5.91 Å². The van der Waals surface area contributed by atoms with Gasteiger partial charge in [0.2, 0.25) is 5.91 Å². The van der Waals surface area contributed by atoms with E-state index in [4.69, 9.17) is 0 Å². The van der Waals surface area contributed by atoms with Gasteiger partial charge in [-0.2, -0.15) is 0 Å². The van der Waals surface area contributed by atoms with E-state index in [-0.39, 0.29) is 18.4 Å². The van der Waals surface area contributed by atoms with E-state index in [1.807, 2.05) is 13.8 Å². The predicted octanol–water partition coefficient (Wildman–Crippen LogP) is 1.67. The molecule has 0 unspecified atom stereocenters. The van der Waals surface area contributed by atoms with Crippen molar-refractivity contribution in [3.05, 3.63) is 12.2 Å². The highest BCUT2D eigenvalue weighted by molar-refractivity contribution is 6.09. The van der Waals surface area contributed by atoms with Crippen LogP contribution in [0, 0.1) is 0 Å². The maximum Gasteiger partial charge on any atom is 0.325 e. The van der Waals surface area contributed by atoms with Gasteiger partial charge in [-0.1, -0.05) is 31.4 Å². The van der Waals surface area contributed by atoms with E-state index in [2.05, 4.69) is 11.9 Å². The standard InChI is InChI=1S/C16H25N3O3/c1-4-18(10-12(2)3)13(20)11-19-14(21)16(17-15(19)22)8-6-5-7-9-16/h2,4-11H2,1,3H3,(H,17,22). The van der Waals surface area contributed by atoms with Crippen LogP contribution in [0.25, 0.3) is 0 Å². The maximum atomic E-state index is 12.6. The van der Waals surface area contributed by atoms with Crippen molar-refractivity contribution in [1.29, 1.82) is 0 Å². The molecule has 22 heavy (non-hydrogen) atoms. The number of hydrogen-bond acceptors (Lipinski definition) is 3. The first-order valence-corrected chi connectivity index (χ1v) is 7.96. The zero-order valence-electron chi connectivity index (χ0n) is 13.5. The van der Waals surface area contributed by atoms with Crippen LogP contribution in [-0.2, 0) is 9.59 Å². The number of imide groups is 1. The summed E-state index contributed by atoms with van der Waals surface area (Å²) in [6.07, 6.45) is 4.30. The Bertz CT molecular complexity index is 495. The van der Waals surface area contributed by atoms with E-state index in [1.54, 1.807) is 4.90 Å². The molecule has 0 aromatic rings. The van der Waals surface area contributed by atoms with Crippen LogP contribution in [0.3, 0.4) is 0 Å². The third-order valence-electron chi connectivity index (χ3n) is 4.44. The molecule has 6 nitrogen and oxygen atoms in total. The van der Waals surface area contributed by atoms with Crippen molar-refractivity contribution in [1.82, 2.24) is 15.1 Å². The molecule has 0 atom stereocenters. The average Bonchev–Trinajstić information content (AvgIpc) is 2.69. The summed E-state index contributed by atoms with van der Waals surface area (Å²) in [6.45, 7) is 8.31. The molecule has 1 spiro atoms. The molecular weight excluding hydrogens is 282 g/mol. The number of urea groups is 1. The molecule has 2 rings (SSSR count). The van der Waals surface area contributed by atoms with Crippen molar-refractivity contribution in [3.8, 4) is 0 Å². The molecule has 1 heterocycles. The molecular formula is C16H25N3O3. The van der Waals surface area contributed by atoms with Gasteiger partial charge >= 0.3 is 6.03 Å². The van der Waals surface area contributed by atoms with Gasteiger partial charge in [-0.05, 0) is 26.7 Å². The Balaban J connectivity index is 2.06. The van der Waals surface area contributed by atoms with Gasteiger partial charge < -0.3 is 10.2 Å². The van der Waals surface area contributed by atoms with Crippen LogP contribution in [0.5, 0.6) is 0 Å². The number of nitrogens with one attached hydrogen (secondary N) is 1. The number of carbonyl (C=O) groups excluding carboxylic acids is 3. The molecule has 0 bridgehead atoms. The summed E-state index contributed by atoms with van der Waals surface area (Å²) in [5, 5.41) is 2.82. The average molecular weight is 307 g/mol. The molecule has 6 heteroatoms. The lowest BCUT2D eigenvalue weighted by Gasteiger charge is -2.30. The molecule has 122 valence electrons. The van der Waals surface area contributed by atoms with E-state index in [9.17, 15) is 14.4 Å². The number of amides is 4. The van der Waals surface area contributed by atoms with Crippen molar-refractivity contribution >= 4 is 17.8 Å². The fraction of sp³-hybridized carbons (Fsp3) is 0.688. The third-order valence-corrected chi connectivity index (χ3v) is 4.44. The van der Waals surface area contributed by atoms with E-state index in [0.717, 1.165) is 29.7 Å². The molecule has 0 aromatic heterocycles. The molecule has 1 aliphatic heterocycles. The van der Waals surface area contributed by atoms with Crippen molar-refractivity contribution in [2.45, 2.75) is 51.5 Å². The van der Waals surface area contributed by atoms with Crippen LogP contribution in [0.4, 0.5) is 4.79 Å². The van der Waals surface area contributed by atoms with Crippen LogP contribution in [-0.4, -0.2) is 52.8 Å². The minimum absolute atomic E-state index is 0.187. The Labute approximate surface area is 131 Å². The van der Waals surface area contributed by atoms with Crippen LogP contribution in [0.1, 0.15) is 46.0 Å². The molecule has 1 saturated carbocycles. The summed E-state index contributed by atoms with van der Waals surface area (Å²) in [5.41, 5.74) is 0.109. The second kappa shape index (κ2) is 6.50. The highest BCUT2D eigenvalue weighted by Gasteiger charge is 2.51. The lowest BCUT2D eigenvalue weighted by molar-refractivity contribution is -0.139. The molecule has 1 saturated heterocycles. The minimum atomic E-state index is -0.763. The van der Waals surface area contributed by atoms with Crippen molar-refractivity contribution in [2.75, 3.05) is 19.6 Å². The fourth-order valence-corrected chi connectivity index (χ4v) is 3.25. The van der Waals surface area contributed by atoms with Gasteiger partial charge in [-0.3, -0.25) is 14.5 Å². The first kappa shape index (κ1) is 16.5. The van der Waals surface area contributed by atoms with Gasteiger partial charge in [0.15, 0.2) is 0 Å². The summed E-state index contributed by atoms with van der Waals surface area (Å²) in [6, 6.07) is -0.438. The van der Waals surface area contributed by atoms with Gasteiger partial charge in [0.1, 0.15) is 12.1 Å². The number of likely N-dealkylation sites (N-methyl/N-ethyl adjacent to an activating group) is 1. The lowest BCUT2D eigenvalue weighted by Crippen LogP contribution is -2.49. The Morgan fingerprint density at radius 2 is 1.95 bits per heavy atom. The van der Waals surface area contributed by atoms with Crippen LogP contribution >= 0.6 is 0 Å². The van der Waals surface area contributed by atoms with Gasteiger partial charge in [0.05, 0.1) is 0 Å². The summed E-state index contributed by atoms with van der Waals surface area (Å²) >= 11 is 0.